The molecule has 162 valence electrons. The maximum atomic E-state index is 14.1. The fraction of sp³-hybridized carbons (Fsp3) is 0.300. The molecule has 0 radical (unpaired) electrons. The second kappa shape index (κ2) is 9.82. The van der Waals surface area contributed by atoms with Gasteiger partial charge in [-0.3, -0.25) is 9.69 Å². The number of carbonyl (C=O) groups excluding carboxylic acids is 1. The van der Waals surface area contributed by atoms with Crippen molar-refractivity contribution in [1.29, 1.82) is 0 Å². The number of hydrogen-bond donors (Lipinski definition) is 0. The molecule has 10 heteroatoms. The third-order valence-corrected chi connectivity index (χ3v) is 7.20. The summed E-state index contributed by atoms with van der Waals surface area (Å²) in [6.45, 7) is 2.46. The number of amides is 1. The molecular formula is C20H23ClFN3O3S2. The minimum absolute atomic E-state index is 0. The van der Waals surface area contributed by atoms with Gasteiger partial charge in [0.1, 0.15) is 11.3 Å². The summed E-state index contributed by atoms with van der Waals surface area (Å²) < 4.78 is 39.1. The predicted molar refractivity (Wildman–Crippen MR) is 121 cm³/mol. The van der Waals surface area contributed by atoms with Gasteiger partial charge in [-0.1, -0.05) is 30.4 Å². The summed E-state index contributed by atoms with van der Waals surface area (Å²) >= 11 is 1.23. The summed E-state index contributed by atoms with van der Waals surface area (Å²) in [4.78, 5) is 21.1. The Labute approximate surface area is 185 Å². The number of rotatable bonds is 7. The molecule has 0 fully saturated rings. The number of likely N-dealkylation sites (N-methyl/N-ethyl adjacent to an activating group) is 1. The minimum Gasteiger partial charge on any atom is -0.308 e. The van der Waals surface area contributed by atoms with Crippen LogP contribution in [0.25, 0.3) is 10.2 Å². The normalized spacial score (nSPS) is 11.5. The molecule has 6 nitrogen and oxygen atoms in total. The molecule has 0 saturated carbocycles. The molecule has 0 unspecified atom stereocenters. The van der Waals surface area contributed by atoms with Crippen molar-refractivity contribution in [1.82, 2.24) is 9.88 Å². The van der Waals surface area contributed by atoms with Crippen LogP contribution in [0.4, 0.5) is 9.52 Å². The van der Waals surface area contributed by atoms with E-state index in [0.29, 0.717) is 22.9 Å². The van der Waals surface area contributed by atoms with E-state index in [4.69, 9.17) is 0 Å². The van der Waals surface area contributed by atoms with Gasteiger partial charge in [0.2, 0.25) is 0 Å². The SMILES string of the molecule is CCS(=O)(=O)c1cccc(C(=O)N(CCN(C)C)c2nc3c(F)cccc3s2)c1.Cl. The van der Waals surface area contributed by atoms with Crippen LogP contribution in [-0.2, 0) is 9.84 Å². The van der Waals surface area contributed by atoms with Crippen LogP contribution < -0.4 is 4.90 Å². The van der Waals surface area contributed by atoms with Crippen LogP contribution in [0.3, 0.4) is 0 Å². The molecule has 2 aromatic carbocycles. The smallest absolute Gasteiger partial charge is 0.260 e. The number of hydrogen-bond acceptors (Lipinski definition) is 6. The lowest BCUT2D eigenvalue weighted by Gasteiger charge is -2.22. The van der Waals surface area contributed by atoms with Crippen LogP contribution in [0.1, 0.15) is 17.3 Å². The molecule has 30 heavy (non-hydrogen) atoms. The number of carbonyl (C=O) groups is 1. The van der Waals surface area contributed by atoms with Crippen LogP contribution in [0.15, 0.2) is 47.4 Å². The van der Waals surface area contributed by atoms with Gasteiger partial charge in [0, 0.05) is 18.7 Å². The van der Waals surface area contributed by atoms with E-state index >= 15 is 0 Å². The number of fused-ring (bicyclic) bond motifs is 1. The number of aromatic nitrogens is 1. The Morgan fingerprint density at radius 3 is 2.47 bits per heavy atom. The van der Waals surface area contributed by atoms with Gasteiger partial charge in [-0.15, -0.1) is 12.4 Å². The van der Waals surface area contributed by atoms with Gasteiger partial charge in [0.05, 0.1) is 15.3 Å². The second-order valence-electron chi connectivity index (χ2n) is 6.77. The highest BCUT2D eigenvalue weighted by Gasteiger charge is 2.23. The summed E-state index contributed by atoms with van der Waals surface area (Å²) in [5, 5.41) is 0.376. The molecule has 1 heterocycles. The second-order valence-corrected chi connectivity index (χ2v) is 10.1. The van der Waals surface area contributed by atoms with E-state index < -0.39 is 15.7 Å². The van der Waals surface area contributed by atoms with Crippen LogP contribution in [-0.4, -0.2) is 57.1 Å². The zero-order valence-corrected chi connectivity index (χ0v) is 19.3. The van der Waals surface area contributed by atoms with Crippen LogP contribution in [0.5, 0.6) is 0 Å². The summed E-state index contributed by atoms with van der Waals surface area (Å²) in [6.07, 6.45) is 0. The number of halogens is 2. The highest BCUT2D eigenvalue weighted by molar-refractivity contribution is 7.91. The maximum Gasteiger partial charge on any atom is 0.260 e. The standard InChI is InChI=1S/C20H22FN3O3S2.ClH/c1-4-29(26,27)15-8-5-7-14(13-15)19(25)24(12-11-23(2)3)20-22-18-16(21)9-6-10-17(18)28-20;/h5-10,13H,4,11-12H2,1-3H3;1H. The molecule has 0 N–H and O–H groups in total. The first kappa shape index (κ1) is 24.2. The number of nitrogens with zero attached hydrogens (tertiary/aromatic N) is 3. The van der Waals surface area contributed by atoms with Gasteiger partial charge in [0.25, 0.3) is 5.91 Å². The Morgan fingerprint density at radius 2 is 1.83 bits per heavy atom. The molecule has 0 spiro atoms. The molecule has 1 aromatic heterocycles. The van der Waals surface area contributed by atoms with Crippen molar-refractivity contribution in [2.75, 3.05) is 37.8 Å². The lowest BCUT2D eigenvalue weighted by Crippen LogP contribution is -2.36. The Bertz CT molecular complexity index is 1150. The fourth-order valence-corrected chi connectivity index (χ4v) is 4.68. The van der Waals surface area contributed by atoms with Crippen LogP contribution in [0, 0.1) is 5.82 Å². The Morgan fingerprint density at radius 1 is 1.13 bits per heavy atom. The van der Waals surface area contributed by atoms with Gasteiger partial charge in [0.15, 0.2) is 15.0 Å². The molecule has 0 aliphatic rings. The summed E-state index contributed by atoms with van der Waals surface area (Å²) in [6, 6.07) is 10.7. The van der Waals surface area contributed by atoms with E-state index in [1.807, 2.05) is 19.0 Å². The van der Waals surface area contributed by atoms with Crippen molar-refractivity contribution in [3.63, 3.8) is 0 Å². The topological polar surface area (TPSA) is 70.6 Å². The molecule has 0 saturated heterocycles. The van der Waals surface area contributed by atoms with E-state index in [1.165, 1.54) is 34.4 Å². The van der Waals surface area contributed by atoms with Crippen molar-refractivity contribution in [3.8, 4) is 0 Å². The zero-order valence-electron chi connectivity index (χ0n) is 16.8. The predicted octanol–water partition coefficient (Wildman–Crippen LogP) is 3.86. The van der Waals surface area contributed by atoms with E-state index in [-0.39, 0.29) is 40.0 Å². The number of sulfone groups is 1. The van der Waals surface area contributed by atoms with Crippen molar-refractivity contribution >= 4 is 54.8 Å². The summed E-state index contributed by atoms with van der Waals surface area (Å²) in [7, 11) is 0.330. The minimum atomic E-state index is -3.44. The largest absolute Gasteiger partial charge is 0.308 e. The van der Waals surface area contributed by atoms with E-state index in [0.717, 1.165) is 0 Å². The number of benzene rings is 2. The van der Waals surface area contributed by atoms with E-state index in [1.54, 1.807) is 31.2 Å². The van der Waals surface area contributed by atoms with E-state index in [2.05, 4.69) is 4.98 Å². The Hall–Kier alpha value is -2.07. The lowest BCUT2D eigenvalue weighted by molar-refractivity contribution is 0.0985. The van der Waals surface area contributed by atoms with Gasteiger partial charge >= 0.3 is 0 Å². The average molecular weight is 472 g/mol. The fourth-order valence-electron chi connectivity index (χ4n) is 2.75. The molecule has 3 rings (SSSR count). The third kappa shape index (κ3) is 5.15. The van der Waals surface area contributed by atoms with Crippen molar-refractivity contribution in [3.05, 3.63) is 53.8 Å². The number of thiazole rings is 1. The zero-order chi connectivity index (χ0) is 21.2. The monoisotopic (exact) mass is 471 g/mol. The first-order valence-corrected chi connectivity index (χ1v) is 11.5. The average Bonchev–Trinajstić information content (AvgIpc) is 3.13. The highest BCUT2D eigenvalue weighted by atomic mass is 35.5. The molecule has 0 aliphatic carbocycles. The molecule has 1 amide bonds. The molecule has 0 aliphatic heterocycles. The van der Waals surface area contributed by atoms with Gasteiger partial charge in [-0.2, -0.15) is 0 Å². The Kier molecular flexibility index (Phi) is 7.93. The maximum absolute atomic E-state index is 14.1. The third-order valence-electron chi connectivity index (χ3n) is 4.43. The van der Waals surface area contributed by atoms with Crippen LogP contribution >= 0.6 is 23.7 Å². The number of anilines is 1. The Balaban J connectivity index is 0.00000320. The summed E-state index contributed by atoms with van der Waals surface area (Å²) in [5.74, 6) is -0.868. The van der Waals surface area contributed by atoms with Crippen molar-refractivity contribution in [2.24, 2.45) is 0 Å². The quantitative estimate of drug-likeness (QED) is 0.523. The first-order chi connectivity index (χ1) is 13.7. The molecular weight excluding hydrogens is 449 g/mol. The van der Waals surface area contributed by atoms with Gasteiger partial charge in [-0.05, 0) is 44.4 Å². The van der Waals surface area contributed by atoms with Crippen molar-refractivity contribution < 1.29 is 17.6 Å². The summed E-state index contributed by atoms with van der Waals surface area (Å²) in [5.41, 5.74) is 0.468. The number of para-hydroxylation sites is 1. The van der Waals surface area contributed by atoms with E-state index in [9.17, 15) is 17.6 Å². The molecule has 3 aromatic rings. The van der Waals surface area contributed by atoms with Gasteiger partial charge < -0.3 is 4.90 Å². The van der Waals surface area contributed by atoms with Gasteiger partial charge in [-0.25, -0.2) is 17.8 Å². The first-order valence-electron chi connectivity index (χ1n) is 9.07. The molecule has 0 bridgehead atoms. The van der Waals surface area contributed by atoms with Crippen molar-refractivity contribution in [2.45, 2.75) is 11.8 Å². The highest BCUT2D eigenvalue weighted by Crippen LogP contribution is 2.31. The lowest BCUT2D eigenvalue weighted by atomic mass is 10.2. The van der Waals surface area contributed by atoms with Crippen LogP contribution in [0.2, 0.25) is 0 Å². The molecule has 0 atom stereocenters.